The van der Waals surface area contributed by atoms with E-state index in [1.807, 2.05) is 39.0 Å². The molecule has 141 heavy (non-hydrogen) atoms. The van der Waals surface area contributed by atoms with Crippen LogP contribution in [0.5, 0.6) is 0 Å². The Labute approximate surface area is 906 Å². The average molecular weight is 2190 g/mol. The molecular formula is C92H91BrCl4MgN12Na2O25S4. The molecule has 2 aliphatic rings. The van der Waals surface area contributed by atoms with Crippen molar-refractivity contribution >= 4 is 149 Å². The quantitative estimate of drug-likeness (QED) is 0.00696. The number of aldehydes is 3. The van der Waals surface area contributed by atoms with Gasteiger partial charge in [0.25, 0.3) is 17.1 Å². The number of aryl methyl sites for hydroxylation is 3. The molecule has 2 fully saturated rings. The number of alkyl halides is 2. The summed E-state index contributed by atoms with van der Waals surface area (Å²) in [5, 5.41) is 71.0. The fraction of sp³-hybridized carbons (Fsp3) is 0.228. The van der Waals surface area contributed by atoms with Gasteiger partial charge in [-0.2, -0.15) is 24.6 Å². The predicted molar refractivity (Wildman–Crippen MR) is 517 cm³/mol. The number of rotatable bonds is 32. The van der Waals surface area contributed by atoms with Gasteiger partial charge in [-0.3, -0.25) is 64.8 Å². The van der Waals surface area contributed by atoms with Crippen molar-refractivity contribution in [3.63, 3.8) is 0 Å². The summed E-state index contributed by atoms with van der Waals surface area (Å²) in [6.45, 7) is 9.87. The number of benzene rings is 7. The molecule has 49 heteroatoms. The molecule has 2 saturated heterocycles. The second-order valence-corrected chi connectivity index (χ2v) is 37.5. The van der Waals surface area contributed by atoms with Gasteiger partial charge in [-0.15, -0.1) is 36.3 Å². The number of aliphatic hydroxyl groups excluding tert-OH is 3. The Morgan fingerprint density at radius 2 is 0.759 bits per heavy atom. The van der Waals surface area contributed by atoms with Gasteiger partial charge >= 0.3 is 82.2 Å². The SMILES string of the molecule is Cc1ccc(S(=O)(=O)[N-]CCN(CC[N-]S(=O)(=O)c2ccc(C)cc2)S(=O)(=O)c2ccc(C)cc2)cc1.O=Cc1cccc(C2OCCO2)n1.O=Cc1cccc(C=O)n1.O=S(Cl)Cl.O=[N+]([O-])c1ccc(CC(Cl)c2cccc(CCl)n2)cc1.O=[N+]([O-])c1ccc(CC(O)c2cccc(C3OCCO3)n2)cc1.O=[N+]([O-])c1ccc(CC(O)c2cccc(CO)n2)cc1.[Br-].[CH2-]c1ccc([N+](=O)[O-])cc1.[Mg+2].[Na+].[Na+]. The number of nitro benzene ring substituents is 4. The Bertz CT molecular complexity index is 6130. The predicted octanol–water partition coefficient (Wildman–Crippen LogP) is 7.55. The third kappa shape index (κ3) is 44.5. The summed E-state index contributed by atoms with van der Waals surface area (Å²) in [6.07, 6.45) is 0.583. The topological polar surface area (TPSA) is 537 Å². The molecule has 0 spiro atoms. The van der Waals surface area contributed by atoms with Crippen LogP contribution in [0.3, 0.4) is 0 Å². The van der Waals surface area contributed by atoms with Crippen LogP contribution in [0, 0.1) is 68.2 Å². The Balaban J connectivity index is 0.000000435. The average Bonchev–Trinajstić information content (AvgIpc) is 1.04. The number of nitrogens with zero attached hydrogens (tertiary/aromatic N) is 12. The number of hydrogen-bond acceptors (Lipinski definition) is 30. The molecule has 0 aliphatic carbocycles. The van der Waals surface area contributed by atoms with Crippen LogP contribution in [0.1, 0.15) is 140 Å². The number of carbonyl (C=O) groups is 3. The van der Waals surface area contributed by atoms with Crippen molar-refractivity contribution < 1.29 is 174 Å². The zero-order chi connectivity index (χ0) is 100. The summed E-state index contributed by atoms with van der Waals surface area (Å²) in [5.74, 6) is 0.342. The first kappa shape index (κ1) is 126. The van der Waals surface area contributed by atoms with E-state index in [9.17, 15) is 90.3 Å². The number of halogens is 5. The van der Waals surface area contributed by atoms with E-state index in [-0.39, 0.29) is 186 Å². The Hall–Kier alpha value is -9.22. The van der Waals surface area contributed by atoms with Crippen molar-refractivity contribution in [2.24, 2.45) is 0 Å². The first-order chi connectivity index (χ1) is 65.3. The molecule has 0 radical (unpaired) electrons. The Morgan fingerprint density at radius 3 is 1.12 bits per heavy atom. The minimum Gasteiger partial charge on any atom is -1.00 e. The van der Waals surface area contributed by atoms with E-state index < -0.39 is 83.8 Å². The van der Waals surface area contributed by atoms with Crippen molar-refractivity contribution in [3.05, 3.63) is 414 Å². The van der Waals surface area contributed by atoms with Crippen LogP contribution in [-0.2, 0) is 90.0 Å². The van der Waals surface area contributed by atoms with Gasteiger partial charge in [0.05, 0.1) is 121 Å². The standard InChI is InChI=1S/C25H29N3O6S3.C16H16N2O5.C14H12Cl2N2O2.C14H14N2O4.C9H9NO3.C7H6NO2.C7H5NO2.BrH.Cl2OS.Mg.2Na/c1-20-4-10-23(11-5-20)35(29,30)26-16-18-28(37(33,34)25-14-8-22(3)9-15-25)19-17-27-36(31,32)24-12-6-21(2)7-13-24;19-15(10-11-4-6-12(7-5-11)18(20)21)13-2-1-3-14(17-13)16-22-8-9-23-16;15-9-11-2-1-3-14(17-11)13(16)8-10-4-6-12(7-5-10)18(19)20;17-9-11-2-1-3-13(15-11)14(18)8-10-4-6-12(7-5-10)16(19)20;11-6-7-2-1-3-8(10-7)9-12-4-5-13-9;1-6-2-4-7(5-3-6)8(9)10;9-4-6-2-1-3-7(5-10)8-6;;1-4(2)3;;;/h4-15H,16-19H2,1-3H3;1-7,15-16,19H,8-10H2;1-7,13H,8-9H2;1-7,14,17-18H,8-9H2;1-3,6,9H,4-5H2;2-5H,1H2;1-5H;1H;;;;/q-2;;;;;-1;;;;+2;2*+1/p-1. The fourth-order valence-corrected chi connectivity index (χ4v) is 15.6. The van der Waals surface area contributed by atoms with Crippen LogP contribution in [0.25, 0.3) is 9.44 Å². The first-order valence-corrected chi connectivity index (χ1v) is 48.8. The molecule has 7 aromatic carbocycles. The summed E-state index contributed by atoms with van der Waals surface area (Å²) in [7, 11) is -4.69. The van der Waals surface area contributed by atoms with Crippen LogP contribution in [-0.4, -0.2) is 188 Å². The number of ether oxygens (including phenoxy) is 4. The molecule has 732 valence electrons. The van der Waals surface area contributed by atoms with Crippen molar-refractivity contribution in [1.82, 2.24) is 29.2 Å². The molecule has 0 bridgehead atoms. The molecule has 3 N–H and O–H groups in total. The molecule has 2 aliphatic heterocycles. The van der Waals surface area contributed by atoms with Crippen LogP contribution in [0.2, 0.25) is 0 Å². The van der Waals surface area contributed by atoms with Crippen molar-refractivity contribution in [1.29, 1.82) is 0 Å². The number of hydrogen-bond donors (Lipinski definition) is 3. The van der Waals surface area contributed by atoms with E-state index in [0.29, 0.717) is 105 Å². The van der Waals surface area contributed by atoms with Crippen molar-refractivity contribution in [3.8, 4) is 0 Å². The van der Waals surface area contributed by atoms with Gasteiger partial charge in [0.15, 0.2) is 18.9 Å². The monoisotopic (exact) mass is 2180 g/mol. The number of sulfonamides is 3. The molecule has 7 heterocycles. The largest absolute Gasteiger partial charge is 2.00 e. The third-order valence-corrected chi connectivity index (χ3v) is 24.1. The molecule has 3 unspecified atom stereocenters. The maximum absolute atomic E-state index is 13.3. The van der Waals surface area contributed by atoms with Gasteiger partial charge in [-0.25, -0.2) is 48.7 Å². The minimum atomic E-state index is -4.07. The summed E-state index contributed by atoms with van der Waals surface area (Å²) in [5.41, 5.74) is 11.4. The molecule has 0 amide bonds. The maximum Gasteiger partial charge on any atom is 2.00 e. The van der Waals surface area contributed by atoms with Crippen molar-refractivity contribution in [2.45, 2.75) is 97.4 Å². The van der Waals surface area contributed by atoms with E-state index in [1.54, 1.807) is 158 Å². The summed E-state index contributed by atoms with van der Waals surface area (Å²) < 4.78 is 116. The van der Waals surface area contributed by atoms with E-state index in [1.165, 1.54) is 84.9 Å². The van der Waals surface area contributed by atoms with E-state index in [0.717, 1.165) is 54.6 Å². The zero-order valence-corrected chi connectivity index (χ0v) is 89.6. The smallest absolute Gasteiger partial charge is 1.00 e. The number of non-ortho nitro benzene ring substituents is 4. The van der Waals surface area contributed by atoms with Gasteiger partial charge in [-0.1, -0.05) is 120 Å². The summed E-state index contributed by atoms with van der Waals surface area (Å²) in [4.78, 5) is 91.3. The number of pyridine rings is 5. The maximum atomic E-state index is 13.3. The molecular weight excluding hydrogens is 2090 g/mol. The Morgan fingerprint density at radius 1 is 0.454 bits per heavy atom. The van der Waals surface area contributed by atoms with Gasteiger partial charge < -0.3 is 60.7 Å². The van der Waals surface area contributed by atoms with Gasteiger partial charge in [0.2, 0.25) is 37.5 Å². The molecule has 5 aromatic heterocycles. The van der Waals surface area contributed by atoms with E-state index in [2.05, 4.69) is 62.7 Å². The molecule has 3 atom stereocenters. The Kier molecular flexibility index (Phi) is 58.2. The van der Waals surface area contributed by atoms with Crippen LogP contribution < -0.4 is 76.1 Å². The molecule has 37 nitrogen and oxygen atoms in total. The fourth-order valence-electron chi connectivity index (χ4n) is 11.8. The minimum absolute atomic E-state index is 0. The van der Waals surface area contributed by atoms with Gasteiger partial charge in [0, 0.05) is 80.4 Å². The number of nitro groups is 4. The number of carbonyl (C=O) groups excluding carboxylic acids is 3. The molecule has 14 rings (SSSR count). The third-order valence-electron chi connectivity index (χ3n) is 18.8. The number of aliphatic hydroxyl groups is 3. The normalized spacial score (nSPS) is 12.6. The zero-order valence-electron chi connectivity index (χ0n) is 76.3. The van der Waals surface area contributed by atoms with Gasteiger partial charge in [0.1, 0.15) is 37.1 Å². The molecule has 0 saturated carbocycles. The van der Waals surface area contributed by atoms with Crippen LogP contribution in [0.4, 0.5) is 22.7 Å². The first-order valence-electron chi connectivity index (χ1n) is 40.7. The van der Waals surface area contributed by atoms with Crippen LogP contribution >= 0.6 is 44.6 Å². The summed E-state index contributed by atoms with van der Waals surface area (Å²) in [6, 6.07) is 68.9. The van der Waals surface area contributed by atoms with Gasteiger partial charge in [-0.05, 0) is 166 Å². The van der Waals surface area contributed by atoms with E-state index in [4.69, 9.17) is 51.5 Å². The molecule has 12 aromatic rings. The second-order valence-electron chi connectivity index (χ2n) is 28.9. The van der Waals surface area contributed by atoms with Crippen molar-refractivity contribution in [2.75, 3.05) is 52.6 Å². The summed E-state index contributed by atoms with van der Waals surface area (Å²) >= 11 is 12.1. The van der Waals surface area contributed by atoms with Crippen LogP contribution in [0.15, 0.2) is 276 Å². The van der Waals surface area contributed by atoms with E-state index >= 15 is 0 Å². The second kappa shape index (κ2) is 65.2. The number of aromatic nitrogens is 5.